The van der Waals surface area contributed by atoms with Gasteiger partial charge in [0.2, 0.25) is 0 Å². The zero-order valence-electron chi connectivity index (χ0n) is 11.2. The van der Waals surface area contributed by atoms with Gasteiger partial charge in [-0.1, -0.05) is 26.2 Å². The summed E-state index contributed by atoms with van der Waals surface area (Å²) < 4.78 is 18.8. The van der Waals surface area contributed by atoms with Crippen LogP contribution in [0.25, 0.3) is 0 Å². The lowest BCUT2D eigenvalue weighted by Gasteiger charge is -2.31. The van der Waals surface area contributed by atoms with Gasteiger partial charge in [0.1, 0.15) is 11.6 Å². The lowest BCUT2D eigenvalue weighted by molar-refractivity contribution is 0.259. The third-order valence-electron chi connectivity index (χ3n) is 3.81. The number of hydrogen-bond donors (Lipinski definition) is 1. The van der Waals surface area contributed by atoms with Crippen LogP contribution in [0.4, 0.5) is 4.39 Å². The van der Waals surface area contributed by atoms with E-state index < -0.39 is 0 Å². The van der Waals surface area contributed by atoms with Crippen molar-refractivity contribution in [3.8, 4) is 5.75 Å². The van der Waals surface area contributed by atoms with Crippen molar-refractivity contribution in [2.75, 3.05) is 13.7 Å². The zero-order valence-corrected chi connectivity index (χ0v) is 11.2. The van der Waals surface area contributed by atoms with Gasteiger partial charge in [0.25, 0.3) is 0 Å². The van der Waals surface area contributed by atoms with Gasteiger partial charge in [-0.3, -0.25) is 0 Å². The Morgan fingerprint density at radius 2 is 2.22 bits per heavy atom. The molecular formula is C15H22FNO. The molecule has 1 N–H and O–H groups in total. The standard InChI is InChI=1S/C15H22FNO/c1-3-17-14(9-11-5-4-6-11)13-10-12(16)7-8-15(13)18-2/h7-8,10-11,14,17H,3-6,9H2,1-2H3. The van der Waals surface area contributed by atoms with Crippen LogP contribution in [0.1, 0.15) is 44.2 Å². The first-order valence-electron chi connectivity index (χ1n) is 6.81. The molecule has 0 spiro atoms. The molecule has 0 aliphatic heterocycles. The molecule has 0 radical (unpaired) electrons. The fourth-order valence-electron chi connectivity index (χ4n) is 2.61. The number of nitrogens with one attached hydrogen (secondary N) is 1. The number of benzene rings is 1. The summed E-state index contributed by atoms with van der Waals surface area (Å²) in [4.78, 5) is 0. The Kier molecular flexibility index (Phi) is 4.59. The summed E-state index contributed by atoms with van der Waals surface area (Å²) >= 11 is 0. The van der Waals surface area contributed by atoms with Gasteiger partial charge in [-0.2, -0.15) is 0 Å². The number of ether oxygens (including phenoxy) is 1. The summed E-state index contributed by atoms with van der Waals surface area (Å²) in [5, 5.41) is 3.45. The summed E-state index contributed by atoms with van der Waals surface area (Å²) in [6, 6.07) is 4.97. The second-order valence-corrected chi connectivity index (χ2v) is 5.03. The second kappa shape index (κ2) is 6.19. The Labute approximate surface area is 109 Å². The van der Waals surface area contributed by atoms with Crippen molar-refractivity contribution < 1.29 is 9.13 Å². The minimum Gasteiger partial charge on any atom is -0.496 e. The molecular weight excluding hydrogens is 229 g/mol. The van der Waals surface area contributed by atoms with E-state index in [1.807, 2.05) is 0 Å². The van der Waals surface area contributed by atoms with Gasteiger partial charge >= 0.3 is 0 Å². The Hall–Kier alpha value is -1.09. The molecule has 3 heteroatoms. The van der Waals surface area contributed by atoms with Crippen molar-refractivity contribution in [3.63, 3.8) is 0 Å². The van der Waals surface area contributed by atoms with Crippen molar-refractivity contribution in [1.29, 1.82) is 0 Å². The van der Waals surface area contributed by atoms with E-state index in [9.17, 15) is 4.39 Å². The van der Waals surface area contributed by atoms with E-state index in [2.05, 4.69) is 12.2 Å². The Morgan fingerprint density at radius 1 is 1.44 bits per heavy atom. The molecule has 0 heterocycles. The van der Waals surface area contributed by atoms with E-state index in [1.54, 1.807) is 19.2 Å². The molecule has 2 nitrogen and oxygen atoms in total. The average Bonchev–Trinajstić information content (AvgIpc) is 2.32. The lowest BCUT2D eigenvalue weighted by atomic mass is 9.79. The van der Waals surface area contributed by atoms with Crippen molar-refractivity contribution >= 4 is 0 Å². The van der Waals surface area contributed by atoms with Crippen molar-refractivity contribution in [3.05, 3.63) is 29.6 Å². The minimum atomic E-state index is -0.192. The van der Waals surface area contributed by atoms with Gasteiger partial charge in [-0.25, -0.2) is 4.39 Å². The van der Waals surface area contributed by atoms with Gasteiger partial charge in [-0.05, 0) is 37.1 Å². The molecule has 1 aliphatic rings. The number of rotatable bonds is 6. The van der Waals surface area contributed by atoms with Crippen molar-refractivity contribution in [1.82, 2.24) is 5.32 Å². The first-order chi connectivity index (χ1) is 8.74. The van der Waals surface area contributed by atoms with Crippen LogP contribution in [-0.4, -0.2) is 13.7 Å². The van der Waals surface area contributed by atoms with Crippen LogP contribution in [0, 0.1) is 11.7 Å². The summed E-state index contributed by atoms with van der Waals surface area (Å²) in [5.41, 5.74) is 0.950. The van der Waals surface area contributed by atoms with E-state index in [0.29, 0.717) is 0 Å². The van der Waals surface area contributed by atoms with Crippen molar-refractivity contribution in [2.45, 2.75) is 38.6 Å². The van der Waals surface area contributed by atoms with Crippen LogP contribution in [0.15, 0.2) is 18.2 Å². The largest absolute Gasteiger partial charge is 0.496 e. The molecule has 1 aromatic carbocycles. The minimum absolute atomic E-state index is 0.192. The topological polar surface area (TPSA) is 21.3 Å². The van der Waals surface area contributed by atoms with Crippen molar-refractivity contribution in [2.24, 2.45) is 5.92 Å². The molecule has 18 heavy (non-hydrogen) atoms. The summed E-state index contributed by atoms with van der Waals surface area (Å²) in [6.07, 6.45) is 5.02. The number of hydrogen-bond acceptors (Lipinski definition) is 2. The molecule has 0 saturated heterocycles. The lowest BCUT2D eigenvalue weighted by Crippen LogP contribution is -2.26. The molecule has 2 rings (SSSR count). The SMILES string of the molecule is CCNC(CC1CCC1)c1cc(F)ccc1OC. The molecule has 1 aliphatic carbocycles. The maximum absolute atomic E-state index is 13.4. The first-order valence-corrected chi connectivity index (χ1v) is 6.81. The smallest absolute Gasteiger partial charge is 0.123 e. The quantitative estimate of drug-likeness (QED) is 0.832. The van der Waals surface area contributed by atoms with Gasteiger partial charge in [0.05, 0.1) is 7.11 Å². The predicted octanol–water partition coefficient (Wildman–Crippen LogP) is 3.68. The maximum Gasteiger partial charge on any atom is 0.123 e. The first kappa shape index (κ1) is 13.3. The summed E-state index contributed by atoms with van der Waals surface area (Å²) in [5.74, 6) is 1.37. The molecule has 1 aromatic rings. The van der Waals surface area contributed by atoms with Crippen LogP contribution in [0.2, 0.25) is 0 Å². The number of methoxy groups -OCH3 is 1. The van der Waals surface area contributed by atoms with E-state index in [-0.39, 0.29) is 11.9 Å². The fraction of sp³-hybridized carbons (Fsp3) is 0.600. The third kappa shape index (κ3) is 3.02. The van der Waals surface area contributed by atoms with Crippen LogP contribution in [0.3, 0.4) is 0 Å². The van der Waals surface area contributed by atoms with Gasteiger partial charge in [0, 0.05) is 11.6 Å². The second-order valence-electron chi connectivity index (χ2n) is 5.03. The summed E-state index contributed by atoms with van der Waals surface area (Å²) in [6.45, 7) is 2.97. The highest BCUT2D eigenvalue weighted by Gasteiger charge is 2.24. The van der Waals surface area contributed by atoms with Crippen LogP contribution in [-0.2, 0) is 0 Å². The van der Waals surface area contributed by atoms with E-state index in [0.717, 1.165) is 30.2 Å². The summed E-state index contributed by atoms with van der Waals surface area (Å²) in [7, 11) is 1.64. The molecule has 0 bridgehead atoms. The Bertz CT molecular complexity index is 390. The molecule has 0 amide bonds. The van der Waals surface area contributed by atoms with Crippen LogP contribution in [0.5, 0.6) is 5.75 Å². The van der Waals surface area contributed by atoms with E-state index in [1.165, 1.54) is 25.3 Å². The van der Waals surface area contributed by atoms with Crippen LogP contribution >= 0.6 is 0 Å². The molecule has 1 saturated carbocycles. The fourth-order valence-corrected chi connectivity index (χ4v) is 2.61. The van der Waals surface area contributed by atoms with Gasteiger partial charge in [-0.15, -0.1) is 0 Å². The monoisotopic (exact) mass is 251 g/mol. The van der Waals surface area contributed by atoms with Gasteiger partial charge < -0.3 is 10.1 Å². The highest BCUT2D eigenvalue weighted by molar-refractivity contribution is 5.36. The normalized spacial score (nSPS) is 17.3. The zero-order chi connectivity index (χ0) is 13.0. The van der Waals surface area contributed by atoms with Gasteiger partial charge in [0.15, 0.2) is 0 Å². The molecule has 1 fully saturated rings. The molecule has 0 aromatic heterocycles. The predicted molar refractivity (Wildman–Crippen MR) is 71.3 cm³/mol. The maximum atomic E-state index is 13.4. The third-order valence-corrected chi connectivity index (χ3v) is 3.81. The molecule has 1 unspecified atom stereocenters. The van der Waals surface area contributed by atoms with Crippen LogP contribution < -0.4 is 10.1 Å². The highest BCUT2D eigenvalue weighted by atomic mass is 19.1. The van der Waals surface area contributed by atoms with E-state index >= 15 is 0 Å². The van der Waals surface area contributed by atoms with E-state index in [4.69, 9.17) is 4.74 Å². The Balaban J connectivity index is 2.19. The Morgan fingerprint density at radius 3 is 2.78 bits per heavy atom. The average molecular weight is 251 g/mol. The highest BCUT2D eigenvalue weighted by Crippen LogP contribution is 2.37. The number of halogens is 1. The molecule has 1 atom stereocenters. The molecule has 100 valence electrons.